The maximum absolute atomic E-state index is 12.1. The highest BCUT2D eigenvalue weighted by Gasteiger charge is 2.17. The Morgan fingerprint density at radius 2 is 1.67 bits per heavy atom. The van der Waals surface area contributed by atoms with E-state index < -0.39 is 22.5 Å². The Kier molecular flexibility index (Phi) is 5.48. The molecule has 0 unspecified atom stereocenters. The number of benzene rings is 2. The van der Waals surface area contributed by atoms with Crippen LogP contribution in [0.5, 0.6) is 5.75 Å². The monoisotopic (exact) mass is 347 g/mol. The highest BCUT2D eigenvalue weighted by molar-refractivity contribution is 7.89. The normalized spacial score (nSPS) is 11.1. The van der Waals surface area contributed by atoms with Crippen LogP contribution >= 0.6 is 0 Å². The first-order valence-electron chi connectivity index (χ1n) is 7.16. The predicted molar refractivity (Wildman–Crippen MR) is 88.4 cm³/mol. The molecular formula is C17H17NO5S. The third-order valence-corrected chi connectivity index (χ3v) is 4.71. The average molecular weight is 347 g/mol. The number of hydrogen-bond acceptors (Lipinski definition) is 5. The number of sulfonamides is 1. The largest absolute Gasteiger partial charge is 0.425 e. The van der Waals surface area contributed by atoms with Crippen LogP contribution in [0.2, 0.25) is 0 Å². The van der Waals surface area contributed by atoms with Gasteiger partial charge in [0.2, 0.25) is 10.0 Å². The summed E-state index contributed by atoms with van der Waals surface area (Å²) in [6.45, 7) is 2.68. The lowest BCUT2D eigenvalue weighted by molar-refractivity contribution is -0.133. The van der Waals surface area contributed by atoms with Gasteiger partial charge in [0.05, 0.1) is 4.90 Å². The molecule has 0 aliphatic heterocycles. The molecule has 6 nitrogen and oxygen atoms in total. The van der Waals surface area contributed by atoms with Gasteiger partial charge in [-0.1, -0.05) is 30.3 Å². The first-order chi connectivity index (χ1) is 11.3. The molecule has 0 spiro atoms. The molecule has 2 aromatic carbocycles. The minimum atomic E-state index is -3.86. The summed E-state index contributed by atoms with van der Waals surface area (Å²) in [5.41, 5.74) is 1.18. The van der Waals surface area contributed by atoms with Gasteiger partial charge in [-0.2, -0.15) is 4.72 Å². The second-order valence-corrected chi connectivity index (χ2v) is 6.91. The van der Waals surface area contributed by atoms with E-state index in [0.29, 0.717) is 11.3 Å². The standard InChI is InChI=1S/C17H17NO5S/c1-12-5-3-4-6-16(12)23-17(20)11-18-24(21,22)15-9-7-14(8-10-15)13(2)19/h3-10,18H,11H2,1-2H3. The average Bonchev–Trinajstić information content (AvgIpc) is 2.55. The second-order valence-electron chi connectivity index (χ2n) is 5.14. The quantitative estimate of drug-likeness (QED) is 0.491. The third-order valence-electron chi connectivity index (χ3n) is 3.30. The van der Waals surface area contributed by atoms with Crippen molar-refractivity contribution in [2.75, 3.05) is 6.54 Å². The summed E-state index contributed by atoms with van der Waals surface area (Å²) in [6.07, 6.45) is 0. The van der Waals surface area contributed by atoms with E-state index in [1.165, 1.54) is 31.2 Å². The molecule has 7 heteroatoms. The number of ketones is 1. The summed E-state index contributed by atoms with van der Waals surface area (Å²) < 4.78 is 31.6. The Morgan fingerprint density at radius 1 is 1.04 bits per heavy atom. The van der Waals surface area contributed by atoms with Crippen LogP contribution in [0.4, 0.5) is 0 Å². The van der Waals surface area contributed by atoms with Gasteiger partial charge in [0.1, 0.15) is 12.3 Å². The number of esters is 1. The fourth-order valence-electron chi connectivity index (χ4n) is 1.94. The molecule has 0 fully saturated rings. The Hall–Kier alpha value is -2.51. The van der Waals surface area contributed by atoms with Crippen LogP contribution < -0.4 is 9.46 Å². The number of carbonyl (C=O) groups excluding carboxylic acids is 2. The van der Waals surface area contributed by atoms with Gasteiger partial charge in [0, 0.05) is 5.56 Å². The van der Waals surface area contributed by atoms with Gasteiger partial charge >= 0.3 is 5.97 Å². The predicted octanol–water partition coefficient (Wildman–Crippen LogP) is 2.08. The molecule has 1 N–H and O–H groups in total. The van der Waals surface area contributed by atoms with Crippen molar-refractivity contribution >= 4 is 21.8 Å². The van der Waals surface area contributed by atoms with Crippen molar-refractivity contribution in [3.8, 4) is 5.75 Å². The maximum atomic E-state index is 12.1. The summed E-state index contributed by atoms with van der Waals surface area (Å²) in [5.74, 6) is -0.491. The first-order valence-corrected chi connectivity index (χ1v) is 8.65. The van der Waals surface area contributed by atoms with E-state index in [1.54, 1.807) is 31.2 Å². The number of rotatable bonds is 6. The zero-order valence-corrected chi connectivity index (χ0v) is 14.1. The highest BCUT2D eigenvalue weighted by atomic mass is 32.2. The van der Waals surface area contributed by atoms with Crippen LogP contribution in [0.3, 0.4) is 0 Å². The van der Waals surface area contributed by atoms with Crippen LogP contribution in [0.1, 0.15) is 22.8 Å². The Bertz CT molecular complexity index is 857. The van der Waals surface area contributed by atoms with Gasteiger partial charge in [0.15, 0.2) is 5.78 Å². The fraction of sp³-hybridized carbons (Fsp3) is 0.176. The van der Waals surface area contributed by atoms with Gasteiger partial charge in [-0.15, -0.1) is 0 Å². The van der Waals surface area contributed by atoms with Gasteiger partial charge < -0.3 is 4.74 Å². The fourth-order valence-corrected chi connectivity index (χ4v) is 2.90. The molecule has 24 heavy (non-hydrogen) atoms. The van der Waals surface area contributed by atoms with Gasteiger partial charge in [0.25, 0.3) is 0 Å². The molecular weight excluding hydrogens is 330 g/mol. The Labute approximate surface area is 140 Å². The van der Waals surface area contributed by atoms with Crippen molar-refractivity contribution in [3.05, 3.63) is 59.7 Å². The maximum Gasteiger partial charge on any atom is 0.326 e. The summed E-state index contributed by atoms with van der Waals surface area (Å²) >= 11 is 0. The minimum Gasteiger partial charge on any atom is -0.425 e. The number of para-hydroxylation sites is 1. The molecule has 0 amide bonds. The molecule has 2 rings (SSSR count). The molecule has 0 saturated heterocycles. The molecule has 0 aliphatic carbocycles. The van der Waals surface area contributed by atoms with Gasteiger partial charge in [-0.3, -0.25) is 9.59 Å². The van der Waals surface area contributed by atoms with Crippen molar-refractivity contribution in [2.45, 2.75) is 18.7 Å². The first kappa shape index (κ1) is 17.8. The smallest absolute Gasteiger partial charge is 0.326 e. The zero-order chi connectivity index (χ0) is 17.7. The van der Waals surface area contributed by atoms with Crippen LogP contribution in [-0.2, 0) is 14.8 Å². The second kappa shape index (κ2) is 7.37. The summed E-state index contributed by atoms with van der Waals surface area (Å²) in [5, 5.41) is 0. The van der Waals surface area contributed by atoms with E-state index in [2.05, 4.69) is 4.72 Å². The van der Waals surface area contributed by atoms with Crippen LogP contribution in [0.25, 0.3) is 0 Å². The molecule has 126 valence electrons. The Balaban J connectivity index is 2.00. The molecule has 0 radical (unpaired) electrons. The highest BCUT2D eigenvalue weighted by Crippen LogP contribution is 2.16. The number of Topliss-reactive ketones (excluding diaryl/α,β-unsaturated/α-hetero) is 1. The van der Waals surface area contributed by atoms with E-state index in [4.69, 9.17) is 4.74 Å². The number of carbonyl (C=O) groups is 2. The van der Waals surface area contributed by atoms with E-state index in [1.807, 2.05) is 0 Å². The van der Waals surface area contributed by atoms with Crippen molar-refractivity contribution in [1.82, 2.24) is 4.72 Å². The molecule has 0 heterocycles. The SMILES string of the molecule is CC(=O)c1ccc(S(=O)(=O)NCC(=O)Oc2ccccc2C)cc1. The number of nitrogens with one attached hydrogen (secondary N) is 1. The van der Waals surface area contributed by atoms with E-state index in [9.17, 15) is 18.0 Å². The van der Waals surface area contributed by atoms with E-state index >= 15 is 0 Å². The van der Waals surface area contributed by atoms with Gasteiger partial charge in [-0.25, -0.2) is 8.42 Å². The van der Waals surface area contributed by atoms with Crippen LogP contribution in [0, 0.1) is 6.92 Å². The van der Waals surface area contributed by atoms with E-state index in [-0.39, 0.29) is 10.7 Å². The van der Waals surface area contributed by atoms with Crippen molar-refractivity contribution in [1.29, 1.82) is 0 Å². The molecule has 0 bridgehead atoms. The lowest BCUT2D eigenvalue weighted by atomic mass is 10.2. The number of aryl methyl sites for hydroxylation is 1. The Morgan fingerprint density at radius 3 is 2.25 bits per heavy atom. The third kappa shape index (κ3) is 4.50. The van der Waals surface area contributed by atoms with E-state index in [0.717, 1.165) is 5.56 Å². The number of hydrogen-bond donors (Lipinski definition) is 1. The zero-order valence-electron chi connectivity index (χ0n) is 13.3. The molecule has 0 saturated carbocycles. The van der Waals surface area contributed by atoms with Gasteiger partial charge in [-0.05, 0) is 37.6 Å². The van der Waals surface area contributed by atoms with Crippen molar-refractivity contribution < 1.29 is 22.7 Å². The lowest BCUT2D eigenvalue weighted by Crippen LogP contribution is -2.32. The minimum absolute atomic E-state index is 0.0313. The van der Waals surface area contributed by atoms with Crippen LogP contribution in [-0.4, -0.2) is 26.7 Å². The van der Waals surface area contributed by atoms with Crippen molar-refractivity contribution in [3.63, 3.8) is 0 Å². The molecule has 2 aromatic rings. The summed E-state index contributed by atoms with van der Waals surface area (Å²) in [6, 6.07) is 12.4. The lowest BCUT2D eigenvalue weighted by Gasteiger charge is -2.09. The molecule has 0 aromatic heterocycles. The molecule has 0 atom stereocenters. The number of ether oxygens (including phenoxy) is 1. The van der Waals surface area contributed by atoms with Crippen molar-refractivity contribution in [2.24, 2.45) is 0 Å². The topological polar surface area (TPSA) is 89.5 Å². The summed E-state index contributed by atoms with van der Waals surface area (Å²) in [4.78, 5) is 23.0. The van der Waals surface area contributed by atoms with Crippen LogP contribution in [0.15, 0.2) is 53.4 Å². The molecule has 0 aliphatic rings. The summed E-state index contributed by atoms with van der Waals surface area (Å²) in [7, 11) is -3.86.